The van der Waals surface area contributed by atoms with Gasteiger partial charge in [0.1, 0.15) is 11.6 Å². The van der Waals surface area contributed by atoms with Crippen LogP contribution in [0, 0.1) is 5.82 Å². The van der Waals surface area contributed by atoms with E-state index in [1.165, 1.54) is 18.2 Å². The second-order valence-corrected chi connectivity index (χ2v) is 4.93. The number of pyridine rings is 1. The topological polar surface area (TPSA) is 48.1 Å². The van der Waals surface area contributed by atoms with Crippen molar-refractivity contribution in [3.63, 3.8) is 0 Å². The molecule has 0 aliphatic rings. The largest absolute Gasteiger partial charge is 0.439 e. The standard InChI is InChI=1S/C16H12ClFN2O/c17-13-8-11(5-6-14(13)18)21-16-7-10(9-19)12-3-1-2-4-15(12)20-16/h1-8H,9,19H2. The molecule has 0 saturated heterocycles. The maximum absolute atomic E-state index is 13.1. The van der Waals surface area contributed by atoms with Gasteiger partial charge in [-0.05, 0) is 23.8 Å². The molecule has 5 heteroatoms. The van der Waals surface area contributed by atoms with E-state index in [4.69, 9.17) is 22.1 Å². The van der Waals surface area contributed by atoms with Crippen LogP contribution >= 0.6 is 11.6 Å². The van der Waals surface area contributed by atoms with Gasteiger partial charge in [0.15, 0.2) is 0 Å². The van der Waals surface area contributed by atoms with E-state index >= 15 is 0 Å². The summed E-state index contributed by atoms with van der Waals surface area (Å²) in [5.41, 5.74) is 7.50. The lowest BCUT2D eigenvalue weighted by Gasteiger charge is -2.09. The number of hydrogen-bond acceptors (Lipinski definition) is 3. The van der Waals surface area contributed by atoms with Crippen LogP contribution in [0.4, 0.5) is 4.39 Å². The Balaban J connectivity index is 2.02. The normalized spacial score (nSPS) is 10.8. The number of nitrogens with two attached hydrogens (primary N) is 1. The van der Waals surface area contributed by atoms with Crippen LogP contribution in [0.5, 0.6) is 11.6 Å². The molecule has 0 unspecified atom stereocenters. The molecule has 1 aromatic heterocycles. The first-order valence-corrected chi connectivity index (χ1v) is 6.77. The van der Waals surface area contributed by atoms with Crippen LogP contribution < -0.4 is 10.5 Å². The molecule has 21 heavy (non-hydrogen) atoms. The maximum Gasteiger partial charge on any atom is 0.220 e. The quantitative estimate of drug-likeness (QED) is 0.785. The van der Waals surface area contributed by atoms with E-state index < -0.39 is 5.82 Å². The van der Waals surface area contributed by atoms with Crippen LogP contribution in [0.15, 0.2) is 48.5 Å². The number of fused-ring (bicyclic) bond motifs is 1. The minimum atomic E-state index is -0.488. The third kappa shape index (κ3) is 2.82. The lowest BCUT2D eigenvalue weighted by atomic mass is 10.1. The first-order valence-electron chi connectivity index (χ1n) is 6.39. The zero-order chi connectivity index (χ0) is 14.8. The number of aromatic nitrogens is 1. The Morgan fingerprint density at radius 1 is 1.14 bits per heavy atom. The molecule has 3 nitrogen and oxygen atoms in total. The van der Waals surface area contributed by atoms with E-state index in [1.807, 2.05) is 24.3 Å². The summed E-state index contributed by atoms with van der Waals surface area (Å²) in [4.78, 5) is 4.42. The molecule has 3 rings (SSSR count). The SMILES string of the molecule is NCc1cc(Oc2ccc(F)c(Cl)c2)nc2ccccc12. The van der Waals surface area contributed by atoms with Crippen LogP contribution in [-0.4, -0.2) is 4.98 Å². The van der Waals surface area contributed by atoms with Gasteiger partial charge in [-0.15, -0.1) is 0 Å². The smallest absolute Gasteiger partial charge is 0.220 e. The Hall–Kier alpha value is -2.17. The number of halogens is 2. The van der Waals surface area contributed by atoms with Crippen molar-refractivity contribution in [2.75, 3.05) is 0 Å². The molecule has 0 atom stereocenters. The van der Waals surface area contributed by atoms with Crippen molar-refractivity contribution >= 4 is 22.5 Å². The number of ether oxygens (including phenoxy) is 1. The van der Waals surface area contributed by atoms with E-state index in [1.54, 1.807) is 6.07 Å². The molecule has 1 heterocycles. The Morgan fingerprint density at radius 3 is 2.71 bits per heavy atom. The number of benzene rings is 2. The van der Waals surface area contributed by atoms with Crippen molar-refractivity contribution in [2.45, 2.75) is 6.54 Å². The lowest BCUT2D eigenvalue weighted by Crippen LogP contribution is -2.00. The van der Waals surface area contributed by atoms with Crippen LogP contribution in [0.25, 0.3) is 10.9 Å². The predicted molar refractivity (Wildman–Crippen MR) is 81.1 cm³/mol. The summed E-state index contributed by atoms with van der Waals surface area (Å²) in [6.45, 7) is 0.379. The molecular formula is C16H12ClFN2O. The predicted octanol–water partition coefficient (Wildman–Crippen LogP) is 4.28. The highest BCUT2D eigenvalue weighted by Crippen LogP contribution is 2.28. The molecule has 2 N–H and O–H groups in total. The summed E-state index contributed by atoms with van der Waals surface area (Å²) in [5.74, 6) is 0.335. The summed E-state index contributed by atoms with van der Waals surface area (Å²) in [5, 5.41) is 0.997. The highest BCUT2D eigenvalue weighted by atomic mass is 35.5. The van der Waals surface area contributed by atoms with E-state index in [9.17, 15) is 4.39 Å². The number of rotatable bonds is 3. The van der Waals surface area contributed by atoms with Gasteiger partial charge in [-0.25, -0.2) is 9.37 Å². The second-order valence-electron chi connectivity index (χ2n) is 4.52. The van der Waals surface area contributed by atoms with E-state index in [0.29, 0.717) is 18.2 Å². The summed E-state index contributed by atoms with van der Waals surface area (Å²) < 4.78 is 18.8. The van der Waals surface area contributed by atoms with Crippen molar-refractivity contribution < 1.29 is 9.13 Å². The Bertz CT molecular complexity index is 807. The fourth-order valence-corrected chi connectivity index (χ4v) is 2.27. The molecule has 0 aliphatic carbocycles. The summed E-state index contributed by atoms with van der Waals surface area (Å²) >= 11 is 5.74. The first kappa shape index (κ1) is 13.8. The number of para-hydroxylation sites is 1. The molecule has 0 fully saturated rings. The zero-order valence-corrected chi connectivity index (χ0v) is 11.8. The molecule has 106 valence electrons. The average molecular weight is 303 g/mol. The number of nitrogens with zero attached hydrogens (tertiary/aromatic N) is 1. The van der Waals surface area contributed by atoms with Gasteiger partial charge in [-0.1, -0.05) is 29.8 Å². The monoisotopic (exact) mass is 302 g/mol. The fourth-order valence-electron chi connectivity index (χ4n) is 2.10. The Morgan fingerprint density at radius 2 is 1.95 bits per heavy atom. The van der Waals surface area contributed by atoms with Crippen LogP contribution in [0.2, 0.25) is 5.02 Å². The molecular weight excluding hydrogens is 291 g/mol. The van der Waals surface area contributed by atoms with E-state index in [-0.39, 0.29) is 5.02 Å². The molecule has 2 aromatic carbocycles. The van der Waals surface area contributed by atoms with E-state index in [0.717, 1.165) is 16.5 Å². The molecule has 0 aliphatic heterocycles. The highest BCUT2D eigenvalue weighted by Gasteiger charge is 2.08. The van der Waals surface area contributed by atoms with Gasteiger partial charge < -0.3 is 10.5 Å². The first-order chi connectivity index (χ1) is 10.2. The van der Waals surface area contributed by atoms with Gasteiger partial charge in [-0.3, -0.25) is 0 Å². The van der Waals surface area contributed by atoms with Crippen molar-refractivity contribution in [2.24, 2.45) is 5.73 Å². The van der Waals surface area contributed by atoms with Crippen LogP contribution in [0.3, 0.4) is 0 Å². The Labute approximate surface area is 126 Å². The average Bonchev–Trinajstić information content (AvgIpc) is 2.50. The van der Waals surface area contributed by atoms with Crippen LogP contribution in [0.1, 0.15) is 5.56 Å². The maximum atomic E-state index is 13.1. The molecule has 3 aromatic rings. The summed E-state index contributed by atoms with van der Waals surface area (Å²) in [6, 6.07) is 13.6. The third-order valence-corrected chi connectivity index (χ3v) is 3.40. The minimum absolute atomic E-state index is 0.00679. The number of hydrogen-bond donors (Lipinski definition) is 1. The zero-order valence-electron chi connectivity index (χ0n) is 11.0. The van der Waals surface area contributed by atoms with Gasteiger partial charge in [0.25, 0.3) is 0 Å². The molecule has 0 spiro atoms. The molecule has 0 amide bonds. The van der Waals surface area contributed by atoms with Crippen molar-refractivity contribution in [3.8, 4) is 11.6 Å². The lowest BCUT2D eigenvalue weighted by molar-refractivity contribution is 0.463. The van der Waals surface area contributed by atoms with Gasteiger partial charge in [0.2, 0.25) is 5.88 Å². The van der Waals surface area contributed by atoms with E-state index in [2.05, 4.69) is 4.98 Å². The summed E-state index contributed by atoms with van der Waals surface area (Å²) in [7, 11) is 0. The second kappa shape index (κ2) is 5.68. The van der Waals surface area contributed by atoms with Crippen molar-refractivity contribution in [1.29, 1.82) is 0 Å². The van der Waals surface area contributed by atoms with Gasteiger partial charge in [0.05, 0.1) is 10.5 Å². The van der Waals surface area contributed by atoms with Gasteiger partial charge >= 0.3 is 0 Å². The Kier molecular flexibility index (Phi) is 3.73. The van der Waals surface area contributed by atoms with Crippen molar-refractivity contribution in [3.05, 3.63) is 64.9 Å². The highest BCUT2D eigenvalue weighted by molar-refractivity contribution is 6.30. The van der Waals surface area contributed by atoms with Gasteiger partial charge in [0, 0.05) is 24.1 Å². The van der Waals surface area contributed by atoms with Gasteiger partial charge in [-0.2, -0.15) is 0 Å². The van der Waals surface area contributed by atoms with Crippen LogP contribution in [-0.2, 0) is 6.54 Å². The third-order valence-electron chi connectivity index (χ3n) is 3.11. The fraction of sp³-hybridized carbons (Fsp3) is 0.0625. The molecule has 0 saturated carbocycles. The summed E-state index contributed by atoms with van der Waals surface area (Å²) in [6.07, 6.45) is 0. The van der Waals surface area contributed by atoms with Crippen molar-refractivity contribution in [1.82, 2.24) is 4.98 Å². The molecule has 0 bridgehead atoms. The minimum Gasteiger partial charge on any atom is -0.439 e. The molecule has 0 radical (unpaired) electrons.